The molecule has 0 heterocycles. The van der Waals surface area contributed by atoms with Crippen LogP contribution in [0, 0.1) is 0 Å². The fourth-order valence-corrected chi connectivity index (χ4v) is 0. The average Bonchev–Trinajstić information content (AvgIpc) is 0. The summed E-state index contributed by atoms with van der Waals surface area (Å²) in [5.74, 6) is 0. The van der Waals surface area contributed by atoms with Gasteiger partial charge in [-0.05, 0) is 0 Å². The summed E-state index contributed by atoms with van der Waals surface area (Å²) in [6.45, 7) is 0. The van der Waals surface area contributed by atoms with Gasteiger partial charge in [-0.15, -0.1) is 0 Å². The molecule has 0 saturated carbocycles. The molecule has 0 amide bonds. The van der Waals surface area contributed by atoms with Crippen molar-refractivity contribution in [1.29, 1.82) is 0 Å². The normalized spacial score (nSPS) is 0. The van der Waals surface area contributed by atoms with Gasteiger partial charge in [-0.25, -0.2) is 0 Å². The second-order valence-electron chi connectivity index (χ2n) is 0. The summed E-state index contributed by atoms with van der Waals surface area (Å²) >= 11 is 0. The van der Waals surface area contributed by atoms with Gasteiger partial charge in [-0.3, -0.25) is 0 Å². The van der Waals surface area contributed by atoms with Crippen LogP contribution in [0.15, 0.2) is 0 Å². The van der Waals surface area contributed by atoms with Crippen LogP contribution >= 0.6 is 0 Å². The number of hydrogen-bond acceptors (Lipinski definition) is 0. The maximum Gasteiger partial charge on any atom is 2.00 e. The predicted molar refractivity (Wildman–Crippen MR) is 0 cm³/mol. The molecular weight excluding hydrogens is 265 g/mol. The molecule has 0 valence electrons. The molecule has 0 aliphatic heterocycles. The van der Waals surface area contributed by atoms with Gasteiger partial charge in [0.25, 0.3) is 0 Å². The molecule has 0 fully saturated rings. The zero-order valence-corrected chi connectivity index (χ0v) is 20.0. The van der Waals surface area contributed by atoms with E-state index in [0.717, 1.165) is 0 Å². The Morgan fingerprint density at radius 3 is 0.333 bits per heavy atom. The van der Waals surface area contributed by atoms with E-state index in [1.54, 1.807) is 0 Å². The van der Waals surface area contributed by atoms with Crippen LogP contribution in [0.1, 0.15) is 0 Å². The van der Waals surface area contributed by atoms with Gasteiger partial charge in [0.1, 0.15) is 0 Å². The van der Waals surface area contributed by atoms with Crippen LogP contribution in [0.25, 0.3) is 0 Å². The summed E-state index contributed by atoms with van der Waals surface area (Å²) < 4.78 is 0. The fourth-order valence-electron chi connectivity index (χ4n) is 0. The van der Waals surface area contributed by atoms with E-state index in [2.05, 4.69) is 0 Å². The SMILES string of the molecule is [Na+].[Na+].[Na+].[Zn+2].[Zn+2].[Zn+2]. The van der Waals surface area contributed by atoms with Crippen molar-refractivity contribution in [2.45, 2.75) is 0 Å². The predicted octanol–water partition coefficient (Wildman–Crippen LogP) is -9.00. The van der Waals surface area contributed by atoms with Gasteiger partial charge in [-0.2, -0.15) is 0 Å². The first kappa shape index (κ1) is 44.6. The molecule has 0 unspecified atom stereocenters. The maximum atomic E-state index is 0. The van der Waals surface area contributed by atoms with E-state index in [1.807, 2.05) is 0 Å². The first-order valence-corrected chi connectivity index (χ1v) is 0. The third-order valence-electron chi connectivity index (χ3n) is 0. The molecule has 6 heteroatoms. The minimum Gasteiger partial charge on any atom is 1.00 e. The zero-order valence-electron chi connectivity index (χ0n) is 5.12. The molecule has 0 aromatic rings. The Morgan fingerprint density at radius 2 is 0.333 bits per heavy atom. The van der Waals surface area contributed by atoms with Crippen LogP contribution in [0.2, 0.25) is 0 Å². The van der Waals surface area contributed by atoms with E-state index >= 15 is 0 Å². The molecule has 0 rings (SSSR count). The second kappa shape index (κ2) is 32.7. The van der Waals surface area contributed by atoms with Gasteiger partial charge in [-0.1, -0.05) is 0 Å². The second-order valence-corrected chi connectivity index (χ2v) is 0. The van der Waals surface area contributed by atoms with Gasteiger partial charge in [0.15, 0.2) is 0 Å². The van der Waals surface area contributed by atoms with Crippen molar-refractivity contribution >= 4 is 0 Å². The fraction of sp³-hybridized carbons (Fsp3) is 0. The first-order chi connectivity index (χ1) is 0. The Hall–Kier alpha value is 4.87. The van der Waals surface area contributed by atoms with Gasteiger partial charge in [0.2, 0.25) is 0 Å². The zero-order chi connectivity index (χ0) is 0. The van der Waals surface area contributed by atoms with Gasteiger partial charge >= 0.3 is 147 Å². The molecule has 0 saturated heterocycles. The van der Waals surface area contributed by atoms with Crippen molar-refractivity contribution in [1.82, 2.24) is 0 Å². The van der Waals surface area contributed by atoms with Crippen molar-refractivity contribution in [2.75, 3.05) is 0 Å². The molecule has 0 nitrogen and oxygen atoms in total. The van der Waals surface area contributed by atoms with E-state index < -0.39 is 0 Å². The van der Waals surface area contributed by atoms with Crippen molar-refractivity contribution < 1.29 is 147 Å². The molecule has 6 heavy (non-hydrogen) atoms. The summed E-state index contributed by atoms with van der Waals surface area (Å²) in [6.07, 6.45) is 0. The van der Waals surface area contributed by atoms with Crippen molar-refractivity contribution in [3.8, 4) is 0 Å². The summed E-state index contributed by atoms with van der Waals surface area (Å²) in [6, 6.07) is 0. The largest absolute Gasteiger partial charge is 2.00 e. The summed E-state index contributed by atoms with van der Waals surface area (Å²) in [7, 11) is 0. The maximum absolute atomic E-state index is 0. The van der Waals surface area contributed by atoms with Crippen LogP contribution in [0.5, 0.6) is 0 Å². The average molecular weight is 265 g/mol. The summed E-state index contributed by atoms with van der Waals surface area (Å²) in [5, 5.41) is 0. The molecule has 0 spiro atoms. The standard InChI is InChI=1S/3Na.3Zn/q3*+1;3*+2. The molecule has 0 bridgehead atoms. The number of rotatable bonds is 0. The molecule has 0 radical (unpaired) electrons. The minimum absolute atomic E-state index is 0. The summed E-state index contributed by atoms with van der Waals surface area (Å²) in [4.78, 5) is 0. The Labute approximate surface area is 143 Å². The Morgan fingerprint density at radius 1 is 0.333 bits per heavy atom. The number of hydrogen-bond donors (Lipinski definition) is 0. The van der Waals surface area contributed by atoms with E-state index in [-0.39, 0.29) is 147 Å². The van der Waals surface area contributed by atoms with Crippen LogP contribution in [0.4, 0.5) is 0 Å². The van der Waals surface area contributed by atoms with Crippen molar-refractivity contribution in [2.24, 2.45) is 0 Å². The van der Waals surface area contributed by atoms with Crippen LogP contribution in [0.3, 0.4) is 0 Å². The van der Waals surface area contributed by atoms with Crippen LogP contribution < -0.4 is 88.7 Å². The molecule has 0 atom stereocenters. The first-order valence-electron chi connectivity index (χ1n) is 0. The molecule has 0 aliphatic rings. The minimum atomic E-state index is 0. The van der Waals surface area contributed by atoms with Gasteiger partial charge in [0, 0.05) is 0 Å². The van der Waals surface area contributed by atoms with Crippen molar-refractivity contribution in [3.63, 3.8) is 0 Å². The molecule has 0 aliphatic carbocycles. The monoisotopic (exact) mass is 261 g/mol. The molecular formula is Na3Zn3+9. The molecule has 0 N–H and O–H groups in total. The Balaban J connectivity index is 0. The topological polar surface area (TPSA) is 0 Å². The molecule has 0 aromatic carbocycles. The Bertz CT molecular complexity index is 6.00. The van der Waals surface area contributed by atoms with Crippen LogP contribution in [-0.2, 0) is 58.4 Å². The van der Waals surface area contributed by atoms with Gasteiger partial charge < -0.3 is 0 Å². The van der Waals surface area contributed by atoms with E-state index in [0.29, 0.717) is 0 Å². The smallest absolute Gasteiger partial charge is 1.00 e. The van der Waals surface area contributed by atoms with E-state index in [1.165, 1.54) is 0 Å². The van der Waals surface area contributed by atoms with Crippen LogP contribution in [-0.4, -0.2) is 0 Å². The summed E-state index contributed by atoms with van der Waals surface area (Å²) in [5.41, 5.74) is 0. The van der Waals surface area contributed by atoms with E-state index in [9.17, 15) is 0 Å². The third-order valence-corrected chi connectivity index (χ3v) is 0. The van der Waals surface area contributed by atoms with Crippen molar-refractivity contribution in [3.05, 3.63) is 0 Å². The molecule has 0 aromatic heterocycles. The van der Waals surface area contributed by atoms with Gasteiger partial charge in [0.05, 0.1) is 0 Å². The quantitative estimate of drug-likeness (QED) is 0.382. The van der Waals surface area contributed by atoms with E-state index in [4.69, 9.17) is 0 Å². The Kier molecular flexibility index (Phi) is 244. The third kappa shape index (κ3) is 23.2.